The van der Waals surface area contributed by atoms with Crippen LogP contribution in [0, 0.1) is 0 Å². The van der Waals surface area contributed by atoms with Crippen molar-refractivity contribution >= 4 is 17.5 Å². The Morgan fingerprint density at radius 2 is 1.90 bits per heavy atom. The Morgan fingerprint density at radius 3 is 2.40 bits per heavy atom. The predicted octanol–water partition coefficient (Wildman–Crippen LogP) is 2.59. The number of benzene rings is 1. The van der Waals surface area contributed by atoms with Gasteiger partial charge in [0.05, 0.1) is 19.5 Å². The molecule has 1 heterocycles. The lowest BCUT2D eigenvalue weighted by Gasteiger charge is -2.18. The van der Waals surface area contributed by atoms with E-state index in [2.05, 4.69) is 33.8 Å². The molecule has 0 amide bonds. The summed E-state index contributed by atoms with van der Waals surface area (Å²) in [6, 6.07) is 8.24. The van der Waals surface area contributed by atoms with Crippen molar-refractivity contribution in [3.8, 4) is 0 Å². The van der Waals surface area contributed by atoms with Crippen LogP contribution in [-0.4, -0.2) is 30.1 Å². The molecule has 0 saturated carbocycles. The summed E-state index contributed by atoms with van der Waals surface area (Å²) in [5.74, 6) is 0.181. The average molecular weight is 271 g/mol. The minimum atomic E-state index is -0.487. The highest BCUT2D eigenvalue weighted by Gasteiger charge is 2.10. The smallest absolute Gasteiger partial charge is 0.358 e. The van der Waals surface area contributed by atoms with Gasteiger partial charge in [0.15, 0.2) is 11.5 Å². The summed E-state index contributed by atoms with van der Waals surface area (Å²) in [5.41, 5.74) is 2.50. The monoisotopic (exact) mass is 271 g/mol. The minimum Gasteiger partial charge on any atom is -0.464 e. The largest absolute Gasteiger partial charge is 0.464 e. The molecule has 0 radical (unpaired) electrons. The van der Waals surface area contributed by atoms with Gasteiger partial charge in [-0.05, 0) is 24.1 Å². The fourth-order valence-corrected chi connectivity index (χ4v) is 1.79. The molecule has 0 aliphatic heterocycles. The van der Waals surface area contributed by atoms with E-state index in [1.807, 2.05) is 24.1 Å². The lowest BCUT2D eigenvalue weighted by atomic mass is 10.1. The first-order chi connectivity index (χ1) is 9.65. The summed E-state index contributed by atoms with van der Waals surface area (Å²) in [7, 11) is 3.22. The summed E-state index contributed by atoms with van der Waals surface area (Å²) in [6.45, 7) is 2.12. The Bertz CT molecular complexity index is 579. The highest BCUT2D eigenvalue weighted by atomic mass is 16.5. The van der Waals surface area contributed by atoms with Crippen molar-refractivity contribution in [2.45, 2.75) is 13.3 Å². The molecule has 0 fully saturated rings. The lowest BCUT2D eigenvalue weighted by Crippen LogP contribution is -2.13. The van der Waals surface area contributed by atoms with Crippen LogP contribution in [0.1, 0.15) is 23.0 Å². The third-order valence-corrected chi connectivity index (χ3v) is 3.11. The maximum Gasteiger partial charge on any atom is 0.358 e. The second kappa shape index (κ2) is 6.14. The molecule has 2 rings (SSSR count). The number of carbonyl (C=O) groups is 1. The van der Waals surface area contributed by atoms with Gasteiger partial charge in [0.2, 0.25) is 0 Å². The first-order valence-electron chi connectivity index (χ1n) is 6.38. The number of hydrogen-bond acceptors (Lipinski definition) is 5. The van der Waals surface area contributed by atoms with E-state index >= 15 is 0 Å². The van der Waals surface area contributed by atoms with Crippen molar-refractivity contribution < 1.29 is 9.53 Å². The second-order valence-electron chi connectivity index (χ2n) is 4.33. The van der Waals surface area contributed by atoms with Gasteiger partial charge >= 0.3 is 5.97 Å². The van der Waals surface area contributed by atoms with Gasteiger partial charge in [0.25, 0.3) is 0 Å². The van der Waals surface area contributed by atoms with Gasteiger partial charge < -0.3 is 9.64 Å². The lowest BCUT2D eigenvalue weighted by molar-refractivity contribution is 0.0593. The number of aromatic nitrogens is 2. The topological polar surface area (TPSA) is 55.3 Å². The molecule has 5 heteroatoms. The average Bonchev–Trinajstić information content (AvgIpc) is 2.53. The van der Waals surface area contributed by atoms with Gasteiger partial charge in [-0.25, -0.2) is 14.8 Å². The fourth-order valence-electron chi connectivity index (χ4n) is 1.79. The number of carbonyl (C=O) groups excluding carboxylic acids is 1. The highest BCUT2D eigenvalue weighted by Crippen LogP contribution is 2.21. The maximum atomic E-state index is 11.3. The third-order valence-electron chi connectivity index (χ3n) is 3.11. The molecule has 0 atom stereocenters. The second-order valence-corrected chi connectivity index (χ2v) is 4.33. The van der Waals surface area contributed by atoms with E-state index in [-0.39, 0.29) is 5.69 Å². The summed E-state index contributed by atoms with van der Waals surface area (Å²) < 4.78 is 4.59. The molecule has 20 heavy (non-hydrogen) atoms. The van der Waals surface area contributed by atoms with E-state index in [0.29, 0.717) is 5.82 Å². The van der Waals surface area contributed by atoms with Crippen molar-refractivity contribution in [1.82, 2.24) is 9.97 Å². The van der Waals surface area contributed by atoms with Crippen LogP contribution in [0.15, 0.2) is 36.7 Å². The molecule has 0 aliphatic rings. The zero-order valence-corrected chi connectivity index (χ0v) is 11.8. The van der Waals surface area contributed by atoms with E-state index in [4.69, 9.17) is 0 Å². The fraction of sp³-hybridized carbons (Fsp3) is 0.267. The Kier molecular flexibility index (Phi) is 4.30. The summed E-state index contributed by atoms with van der Waals surface area (Å²) >= 11 is 0. The molecule has 2 aromatic rings. The summed E-state index contributed by atoms with van der Waals surface area (Å²) in [6.07, 6.45) is 3.98. The van der Waals surface area contributed by atoms with Gasteiger partial charge in [-0.1, -0.05) is 19.1 Å². The number of aryl methyl sites for hydroxylation is 1. The quantitative estimate of drug-likeness (QED) is 0.800. The van der Waals surface area contributed by atoms with E-state index in [1.54, 1.807) is 6.20 Å². The predicted molar refractivity (Wildman–Crippen MR) is 77.3 cm³/mol. The summed E-state index contributed by atoms with van der Waals surface area (Å²) in [4.78, 5) is 21.5. The Hall–Kier alpha value is -2.43. The van der Waals surface area contributed by atoms with E-state index < -0.39 is 5.97 Å². The van der Waals surface area contributed by atoms with Crippen LogP contribution in [-0.2, 0) is 11.2 Å². The first kappa shape index (κ1) is 14.0. The number of esters is 1. The maximum absolute atomic E-state index is 11.3. The van der Waals surface area contributed by atoms with Crippen LogP contribution in [0.2, 0.25) is 0 Å². The molecule has 104 valence electrons. The zero-order valence-electron chi connectivity index (χ0n) is 11.8. The molecule has 0 saturated heterocycles. The van der Waals surface area contributed by atoms with Gasteiger partial charge in [-0.2, -0.15) is 0 Å². The normalized spacial score (nSPS) is 10.2. The zero-order chi connectivity index (χ0) is 14.5. The van der Waals surface area contributed by atoms with E-state index in [1.165, 1.54) is 18.9 Å². The Balaban J connectivity index is 2.19. The van der Waals surface area contributed by atoms with Gasteiger partial charge in [-0.3, -0.25) is 0 Å². The van der Waals surface area contributed by atoms with Gasteiger partial charge in [0, 0.05) is 12.7 Å². The Morgan fingerprint density at radius 1 is 1.20 bits per heavy atom. The van der Waals surface area contributed by atoms with Gasteiger partial charge in [0.1, 0.15) is 0 Å². The number of ether oxygens (including phenoxy) is 1. The molecule has 0 spiro atoms. The van der Waals surface area contributed by atoms with Crippen molar-refractivity contribution in [3.05, 3.63) is 47.9 Å². The molecular formula is C15H17N3O2. The summed E-state index contributed by atoms with van der Waals surface area (Å²) in [5, 5.41) is 0. The van der Waals surface area contributed by atoms with Crippen LogP contribution in [0.3, 0.4) is 0 Å². The molecular weight excluding hydrogens is 254 g/mol. The molecule has 5 nitrogen and oxygen atoms in total. The molecule has 1 aromatic heterocycles. The van der Waals surface area contributed by atoms with Crippen molar-refractivity contribution in [1.29, 1.82) is 0 Å². The number of hydrogen-bond donors (Lipinski definition) is 0. The van der Waals surface area contributed by atoms with Crippen LogP contribution < -0.4 is 4.90 Å². The molecule has 0 bridgehead atoms. The number of rotatable bonds is 4. The van der Waals surface area contributed by atoms with Crippen molar-refractivity contribution in [3.63, 3.8) is 0 Å². The first-order valence-corrected chi connectivity index (χ1v) is 6.38. The van der Waals surface area contributed by atoms with E-state index in [0.717, 1.165) is 12.1 Å². The minimum absolute atomic E-state index is 0.200. The number of anilines is 2. The molecule has 0 aliphatic carbocycles. The number of nitrogens with zero attached hydrogens (tertiary/aromatic N) is 3. The third kappa shape index (κ3) is 2.93. The van der Waals surface area contributed by atoms with Crippen molar-refractivity contribution in [2.75, 3.05) is 19.1 Å². The SMILES string of the molecule is CCc1ccc(N(C)c2cnc(C(=O)OC)cn2)cc1. The Labute approximate surface area is 118 Å². The number of methoxy groups -OCH3 is 1. The van der Waals surface area contributed by atoms with Crippen LogP contribution in [0.5, 0.6) is 0 Å². The van der Waals surface area contributed by atoms with E-state index in [9.17, 15) is 4.79 Å². The van der Waals surface area contributed by atoms with Gasteiger partial charge in [-0.15, -0.1) is 0 Å². The molecule has 0 unspecified atom stereocenters. The van der Waals surface area contributed by atoms with Crippen LogP contribution in [0.25, 0.3) is 0 Å². The van der Waals surface area contributed by atoms with Crippen LogP contribution >= 0.6 is 0 Å². The molecule has 1 aromatic carbocycles. The highest BCUT2D eigenvalue weighted by molar-refractivity contribution is 5.86. The van der Waals surface area contributed by atoms with Crippen molar-refractivity contribution in [2.24, 2.45) is 0 Å². The molecule has 0 N–H and O–H groups in total. The van der Waals surface area contributed by atoms with Crippen LogP contribution in [0.4, 0.5) is 11.5 Å². The standard InChI is InChI=1S/C15H17N3O2/c1-4-11-5-7-12(8-6-11)18(2)14-10-16-13(9-17-14)15(19)20-3/h5-10H,4H2,1-3H3.